The summed E-state index contributed by atoms with van der Waals surface area (Å²) in [4.78, 5) is 31.8. The second kappa shape index (κ2) is 6.53. The van der Waals surface area contributed by atoms with E-state index < -0.39 is 12.0 Å². The molecule has 21 heavy (non-hydrogen) atoms. The molecule has 2 rings (SSSR count). The van der Waals surface area contributed by atoms with Crippen LogP contribution in [-0.2, 0) is 14.3 Å². The lowest BCUT2D eigenvalue weighted by atomic mass is 10.1. The first-order valence-electron chi connectivity index (χ1n) is 6.64. The Morgan fingerprint density at radius 2 is 2.19 bits per heavy atom. The molecule has 0 radical (unpaired) electrons. The quantitative estimate of drug-likeness (QED) is 0.739. The van der Waals surface area contributed by atoms with Gasteiger partial charge < -0.3 is 19.3 Å². The van der Waals surface area contributed by atoms with E-state index in [1.807, 2.05) is 19.0 Å². The van der Waals surface area contributed by atoms with Crippen molar-refractivity contribution in [1.29, 1.82) is 0 Å². The molecule has 0 aromatic carbocycles. The van der Waals surface area contributed by atoms with Gasteiger partial charge in [0.1, 0.15) is 5.82 Å². The van der Waals surface area contributed by atoms with Gasteiger partial charge in [-0.15, -0.1) is 0 Å². The van der Waals surface area contributed by atoms with Gasteiger partial charge in [0.25, 0.3) is 5.91 Å². The van der Waals surface area contributed by atoms with Crippen LogP contribution < -0.4 is 4.90 Å². The summed E-state index contributed by atoms with van der Waals surface area (Å²) in [7, 11) is 5.05. The van der Waals surface area contributed by atoms with Gasteiger partial charge >= 0.3 is 5.97 Å². The standard InChI is InChI=1S/C14H19N3O4/c1-16(2)12-5-4-10(8-15-12)13(18)17-6-7-21-9-11(17)14(19)20-3/h4-5,8,11H,6-7,9H2,1-3H3. The number of hydrogen-bond donors (Lipinski definition) is 0. The zero-order chi connectivity index (χ0) is 15.4. The first kappa shape index (κ1) is 15.2. The van der Waals surface area contributed by atoms with Crippen LogP contribution in [0.4, 0.5) is 5.82 Å². The van der Waals surface area contributed by atoms with Gasteiger partial charge in [-0.3, -0.25) is 4.79 Å². The Morgan fingerprint density at radius 3 is 2.76 bits per heavy atom. The van der Waals surface area contributed by atoms with Crippen molar-refractivity contribution in [2.45, 2.75) is 6.04 Å². The van der Waals surface area contributed by atoms with Crippen molar-refractivity contribution in [2.24, 2.45) is 0 Å². The highest BCUT2D eigenvalue weighted by atomic mass is 16.5. The average molecular weight is 293 g/mol. The van der Waals surface area contributed by atoms with Crippen LogP contribution in [0.5, 0.6) is 0 Å². The summed E-state index contributed by atoms with van der Waals surface area (Å²) in [5, 5.41) is 0. The molecule has 1 aromatic heterocycles. The summed E-state index contributed by atoms with van der Waals surface area (Å²) < 4.78 is 9.98. The normalized spacial score (nSPS) is 18.2. The van der Waals surface area contributed by atoms with E-state index >= 15 is 0 Å². The smallest absolute Gasteiger partial charge is 0.331 e. The molecule has 7 nitrogen and oxygen atoms in total. The van der Waals surface area contributed by atoms with Crippen molar-refractivity contribution in [2.75, 3.05) is 45.9 Å². The number of morpholine rings is 1. The Morgan fingerprint density at radius 1 is 1.43 bits per heavy atom. The summed E-state index contributed by atoms with van der Waals surface area (Å²) in [5.41, 5.74) is 0.441. The van der Waals surface area contributed by atoms with E-state index in [4.69, 9.17) is 9.47 Å². The number of pyridine rings is 1. The predicted molar refractivity (Wildman–Crippen MR) is 76.2 cm³/mol. The highest BCUT2D eigenvalue weighted by Crippen LogP contribution is 2.15. The van der Waals surface area contributed by atoms with Crippen molar-refractivity contribution < 1.29 is 19.1 Å². The van der Waals surface area contributed by atoms with Gasteiger partial charge in [-0.1, -0.05) is 0 Å². The minimum atomic E-state index is -0.704. The van der Waals surface area contributed by atoms with E-state index in [2.05, 4.69) is 4.98 Å². The molecule has 1 aromatic rings. The molecule has 0 spiro atoms. The van der Waals surface area contributed by atoms with Crippen molar-refractivity contribution >= 4 is 17.7 Å². The zero-order valence-electron chi connectivity index (χ0n) is 12.4. The third-order valence-corrected chi connectivity index (χ3v) is 3.32. The Balaban J connectivity index is 2.18. The number of rotatable bonds is 3. The molecule has 1 aliphatic rings. The van der Waals surface area contributed by atoms with Crippen LogP contribution in [-0.4, -0.2) is 68.8 Å². The minimum absolute atomic E-state index is 0.154. The number of nitrogens with zero attached hydrogens (tertiary/aromatic N) is 3. The molecule has 1 aliphatic heterocycles. The van der Waals surface area contributed by atoms with Crippen LogP contribution in [0.3, 0.4) is 0 Å². The van der Waals surface area contributed by atoms with Gasteiger partial charge in [0.05, 0.1) is 25.9 Å². The van der Waals surface area contributed by atoms with Crippen LogP contribution in [0, 0.1) is 0 Å². The second-order valence-electron chi connectivity index (χ2n) is 4.91. The number of methoxy groups -OCH3 is 1. The van der Waals surface area contributed by atoms with Crippen molar-refractivity contribution in [3.63, 3.8) is 0 Å². The SMILES string of the molecule is COC(=O)C1COCCN1C(=O)c1ccc(N(C)C)nc1. The van der Waals surface area contributed by atoms with Gasteiger partial charge in [-0.25, -0.2) is 9.78 Å². The number of anilines is 1. The van der Waals surface area contributed by atoms with Gasteiger partial charge in [0.2, 0.25) is 0 Å². The van der Waals surface area contributed by atoms with Gasteiger partial charge in [0, 0.05) is 26.8 Å². The molecular weight excluding hydrogens is 274 g/mol. The predicted octanol–water partition coefficient (Wildman–Crippen LogP) is 0.162. The fourth-order valence-electron chi connectivity index (χ4n) is 2.12. The third kappa shape index (κ3) is 3.30. The Bertz CT molecular complexity index is 515. The Kier molecular flexibility index (Phi) is 4.74. The van der Waals surface area contributed by atoms with Crippen molar-refractivity contribution in [1.82, 2.24) is 9.88 Å². The number of ether oxygens (including phenoxy) is 2. The third-order valence-electron chi connectivity index (χ3n) is 3.32. The molecule has 1 unspecified atom stereocenters. The number of hydrogen-bond acceptors (Lipinski definition) is 6. The van der Waals surface area contributed by atoms with Crippen LogP contribution in [0.1, 0.15) is 10.4 Å². The first-order valence-corrected chi connectivity index (χ1v) is 6.64. The molecule has 2 heterocycles. The number of esters is 1. The second-order valence-corrected chi connectivity index (χ2v) is 4.91. The Labute approximate surface area is 123 Å². The molecule has 1 saturated heterocycles. The maximum absolute atomic E-state index is 12.5. The molecule has 0 N–H and O–H groups in total. The maximum atomic E-state index is 12.5. The largest absolute Gasteiger partial charge is 0.467 e. The van der Waals surface area contributed by atoms with E-state index in [1.165, 1.54) is 18.2 Å². The number of amides is 1. The summed E-state index contributed by atoms with van der Waals surface area (Å²) in [6.07, 6.45) is 1.52. The van der Waals surface area contributed by atoms with Gasteiger partial charge in [-0.05, 0) is 12.1 Å². The van der Waals surface area contributed by atoms with E-state index in [-0.39, 0.29) is 12.5 Å². The lowest BCUT2D eigenvalue weighted by molar-refractivity contribution is -0.151. The molecule has 114 valence electrons. The molecule has 1 amide bonds. The molecule has 0 bridgehead atoms. The van der Waals surface area contributed by atoms with E-state index in [0.29, 0.717) is 18.7 Å². The fourth-order valence-corrected chi connectivity index (χ4v) is 2.12. The summed E-state index contributed by atoms with van der Waals surface area (Å²) in [5.74, 6) is 0.0467. The molecule has 0 aliphatic carbocycles. The number of carbonyl (C=O) groups excluding carboxylic acids is 2. The molecule has 1 fully saturated rings. The average Bonchev–Trinajstić information content (AvgIpc) is 2.53. The molecule has 1 atom stereocenters. The lowest BCUT2D eigenvalue weighted by Gasteiger charge is -2.33. The zero-order valence-corrected chi connectivity index (χ0v) is 12.4. The molecule has 0 saturated carbocycles. The highest BCUT2D eigenvalue weighted by Gasteiger charge is 2.34. The van der Waals surface area contributed by atoms with E-state index in [0.717, 1.165) is 5.82 Å². The lowest BCUT2D eigenvalue weighted by Crippen LogP contribution is -2.53. The minimum Gasteiger partial charge on any atom is -0.467 e. The molecule has 7 heteroatoms. The molecular formula is C14H19N3O4. The van der Waals surface area contributed by atoms with Crippen molar-refractivity contribution in [3.8, 4) is 0 Å². The van der Waals surface area contributed by atoms with Crippen LogP contribution in [0.15, 0.2) is 18.3 Å². The Hall–Kier alpha value is -2.15. The van der Waals surface area contributed by atoms with Crippen LogP contribution in [0.2, 0.25) is 0 Å². The van der Waals surface area contributed by atoms with Gasteiger partial charge in [-0.2, -0.15) is 0 Å². The van der Waals surface area contributed by atoms with Gasteiger partial charge in [0.15, 0.2) is 6.04 Å². The van der Waals surface area contributed by atoms with Crippen molar-refractivity contribution in [3.05, 3.63) is 23.9 Å². The number of carbonyl (C=O) groups is 2. The summed E-state index contributed by atoms with van der Waals surface area (Å²) >= 11 is 0. The fraction of sp³-hybridized carbons (Fsp3) is 0.500. The topological polar surface area (TPSA) is 72.0 Å². The number of aromatic nitrogens is 1. The highest BCUT2D eigenvalue weighted by molar-refractivity contribution is 5.96. The van der Waals surface area contributed by atoms with E-state index in [9.17, 15) is 9.59 Å². The van der Waals surface area contributed by atoms with Crippen LogP contribution in [0.25, 0.3) is 0 Å². The van der Waals surface area contributed by atoms with Crippen LogP contribution >= 0.6 is 0 Å². The summed E-state index contributed by atoms with van der Waals surface area (Å²) in [6, 6.07) is 2.76. The monoisotopic (exact) mass is 293 g/mol. The first-order chi connectivity index (χ1) is 10.0. The maximum Gasteiger partial charge on any atom is 0.331 e. The van der Waals surface area contributed by atoms with E-state index in [1.54, 1.807) is 12.1 Å². The summed E-state index contributed by atoms with van der Waals surface area (Å²) in [6.45, 7) is 0.915.